The molecule has 2 aromatic heterocycles. The summed E-state index contributed by atoms with van der Waals surface area (Å²) < 4.78 is 8.26. The van der Waals surface area contributed by atoms with E-state index in [2.05, 4.69) is 17.3 Å². The number of halogens is 4. The van der Waals surface area contributed by atoms with Crippen molar-refractivity contribution < 1.29 is 14.1 Å². The van der Waals surface area contributed by atoms with Crippen LogP contribution in [0.2, 0.25) is 20.1 Å². The number of carbonyl (C=O) groups excluding carboxylic acids is 1. The van der Waals surface area contributed by atoms with Crippen molar-refractivity contribution in [1.29, 1.82) is 0 Å². The summed E-state index contributed by atoms with van der Waals surface area (Å²) in [4.78, 5) is 26.5. The van der Waals surface area contributed by atoms with Gasteiger partial charge in [-0.25, -0.2) is 4.79 Å². The van der Waals surface area contributed by atoms with Crippen LogP contribution in [0.4, 0.5) is 11.5 Å². The van der Waals surface area contributed by atoms with E-state index >= 15 is 0 Å². The Bertz CT molecular complexity index is 1580. The number of anilines is 2. The molecule has 2 aromatic carbocycles. The highest BCUT2D eigenvalue weighted by Gasteiger charge is 2.23. The zero-order chi connectivity index (χ0) is 31.5. The molecule has 234 valence electrons. The molecule has 0 aliphatic rings. The molecule has 11 heteroatoms. The first kappa shape index (κ1) is 33.9. The van der Waals surface area contributed by atoms with Crippen LogP contribution in [0.1, 0.15) is 81.5 Å². The average molecular weight is 678 g/mol. The van der Waals surface area contributed by atoms with Crippen LogP contribution in [0.25, 0.3) is 11.4 Å². The predicted octanol–water partition coefficient (Wildman–Crippen LogP) is 9.66. The lowest BCUT2D eigenvalue weighted by Gasteiger charge is -2.11. The third-order valence-corrected chi connectivity index (χ3v) is 8.30. The maximum Gasteiger partial charge on any atom is 0.338 e. The number of nitrogens with one attached hydrogen (secondary N) is 1. The quantitative estimate of drug-likeness (QED) is 0.0553. The van der Waals surface area contributed by atoms with Gasteiger partial charge in [-0.2, -0.15) is 9.78 Å². The number of ether oxygens (including phenoxy) is 1. The Kier molecular flexibility index (Phi) is 13.0. The van der Waals surface area contributed by atoms with Gasteiger partial charge in [0.05, 0.1) is 45.3 Å². The Balaban J connectivity index is 1.46. The van der Waals surface area contributed by atoms with Crippen molar-refractivity contribution in [2.45, 2.75) is 71.1 Å². The summed E-state index contributed by atoms with van der Waals surface area (Å²) in [6.07, 6.45) is 15.4. The lowest BCUT2D eigenvalue weighted by molar-refractivity contribution is -0.595. The highest BCUT2D eigenvalue weighted by atomic mass is 35.5. The summed E-state index contributed by atoms with van der Waals surface area (Å²) in [6.45, 7) is 2.58. The number of hydrogen-bond donors (Lipinski definition) is 1. The third kappa shape index (κ3) is 9.04. The number of hydrogen-bond acceptors (Lipinski definition) is 5. The normalized spacial score (nSPS) is 11.1. The molecule has 0 saturated carbocycles. The fourth-order valence-corrected chi connectivity index (χ4v) is 6.00. The molecule has 44 heavy (non-hydrogen) atoms. The van der Waals surface area contributed by atoms with Gasteiger partial charge in [-0.3, -0.25) is 4.79 Å². The molecule has 4 rings (SSSR count). The first-order chi connectivity index (χ1) is 21.3. The molecule has 1 N–H and O–H groups in total. The lowest BCUT2D eigenvalue weighted by atomic mass is 10.1. The monoisotopic (exact) mass is 676 g/mol. The molecular formula is C33H36Cl4N4O3. The molecule has 7 nitrogen and oxygen atoms in total. The number of pyridine rings is 1. The molecule has 2 heterocycles. The topological polar surface area (TPSA) is 77.1 Å². The summed E-state index contributed by atoms with van der Waals surface area (Å²) in [5, 5.41) is 8.59. The Morgan fingerprint density at radius 3 is 2.11 bits per heavy atom. The van der Waals surface area contributed by atoms with Crippen molar-refractivity contribution in [3.8, 4) is 11.4 Å². The van der Waals surface area contributed by atoms with E-state index < -0.39 is 11.5 Å². The minimum Gasteiger partial charge on any atom is -0.462 e. The fourth-order valence-electron chi connectivity index (χ4n) is 4.86. The fraction of sp³-hybridized carbons (Fsp3) is 0.364. The van der Waals surface area contributed by atoms with E-state index in [0.29, 0.717) is 27.9 Å². The van der Waals surface area contributed by atoms with E-state index in [4.69, 9.17) is 51.1 Å². The van der Waals surface area contributed by atoms with Gasteiger partial charge < -0.3 is 14.6 Å². The second-order valence-corrected chi connectivity index (χ2v) is 12.2. The summed E-state index contributed by atoms with van der Waals surface area (Å²) in [7, 11) is 0. The molecule has 0 atom stereocenters. The van der Waals surface area contributed by atoms with E-state index in [1.807, 2.05) is 6.07 Å². The summed E-state index contributed by atoms with van der Waals surface area (Å²) in [5.41, 5.74) is 0.582. The van der Waals surface area contributed by atoms with E-state index in [0.717, 1.165) is 23.9 Å². The summed E-state index contributed by atoms with van der Waals surface area (Å²) in [6, 6.07) is 13.1. The van der Waals surface area contributed by atoms with Gasteiger partial charge in [-0.15, -0.1) is 0 Å². The Hall–Kier alpha value is -2.97. The maximum absolute atomic E-state index is 13.7. The molecule has 0 bridgehead atoms. The average Bonchev–Trinajstić information content (AvgIpc) is 3.31. The van der Waals surface area contributed by atoms with E-state index in [1.165, 1.54) is 57.1 Å². The van der Waals surface area contributed by atoms with Crippen molar-refractivity contribution in [2.24, 2.45) is 0 Å². The smallest absolute Gasteiger partial charge is 0.338 e. The molecule has 0 saturated heterocycles. The SMILES string of the molecule is CCCCCCCCCCCCOC(=O)c1ccc(Cl)c(Nc2nn(-c3c(Cl)cc(Cl)cc3Cl)c(=O)[c-]2-[n+]2ccccc2)c1. The van der Waals surface area contributed by atoms with Gasteiger partial charge in [0.15, 0.2) is 5.82 Å². The number of esters is 1. The minimum absolute atomic E-state index is 0.156. The molecular weight excluding hydrogens is 642 g/mol. The van der Waals surface area contributed by atoms with Gasteiger partial charge in [0.2, 0.25) is 5.69 Å². The predicted molar refractivity (Wildman–Crippen MR) is 179 cm³/mol. The zero-order valence-electron chi connectivity index (χ0n) is 24.6. The van der Waals surface area contributed by atoms with E-state index in [-0.39, 0.29) is 27.2 Å². The number of aromatic nitrogens is 3. The van der Waals surface area contributed by atoms with Crippen LogP contribution in [0.5, 0.6) is 0 Å². The van der Waals surface area contributed by atoms with Crippen molar-refractivity contribution in [2.75, 3.05) is 11.9 Å². The highest BCUT2D eigenvalue weighted by molar-refractivity contribution is 6.40. The minimum atomic E-state index is -0.488. The lowest BCUT2D eigenvalue weighted by Crippen LogP contribution is -2.36. The summed E-state index contributed by atoms with van der Waals surface area (Å²) >= 11 is 25.4. The number of unbranched alkanes of at least 4 members (excludes halogenated alkanes) is 9. The van der Waals surface area contributed by atoms with Crippen LogP contribution < -0.4 is 15.4 Å². The number of nitrogens with zero attached hydrogens (tertiary/aromatic N) is 3. The van der Waals surface area contributed by atoms with Crippen molar-refractivity contribution in [3.63, 3.8) is 0 Å². The second-order valence-electron chi connectivity index (χ2n) is 10.6. The maximum atomic E-state index is 13.7. The largest absolute Gasteiger partial charge is 0.462 e. The zero-order valence-corrected chi connectivity index (χ0v) is 27.7. The Labute approximate surface area is 278 Å². The molecule has 0 aliphatic heterocycles. The van der Waals surface area contributed by atoms with Gasteiger partial charge in [0.25, 0.3) is 5.56 Å². The van der Waals surface area contributed by atoms with Gasteiger partial charge >= 0.3 is 5.97 Å². The number of carbonyl (C=O) groups is 1. The van der Waals surface area contributed by atoms with E-state index in [1.54, 1.807) is 47.3 Å². The van der Waals surface area contributed by atoms with E-state index in [9.17, 15) is 9.59 Å². The first-order valence-electron chi connectivity index (χ1n) is 15.0. The van der Waals surface area contributed by atoms with Gasteiger partial charge in [-0.1, -0.05) is 129 Å². The van der Waals surface area contributed by atoms with Gasteiger partial charge in [0, 0.05) is 5.02 Å². The van der Waals surface area contributed by atoms with Crippen molar-refractivity contribution in [1.82, 2.24) is 9.78 Å². The number of rotatable bonds is 16. The highest BCUT2D eigenvalue weighted by Crippen LogP contribution is 2.33. The molecule has 0 aliphatic carbocycles. The van der Waals surface area contributed by atoms with Crippen LogP contribution in [0.15, 0.2) is 65.7 Å². The van der Waals surface area contributed by atoms with Gasteiger partial charge in [0.1, 0.15) is 5.69 Å². The van der Waals surface area contributed by atoms with Crippen LogP contribution in [-0.4, -0.2) is 22.4 Å². The Morgan fingerprint density at radius 2 is 1.48 bits per heavy atom. The molecule has 4 aromatic rings. The summed E-state index contributed by atoms with van der Waals surface area (Å²) in [5.74, 6) is -0.279. The molecule has 0 amide bonds. The Morgan fingerprint density at radius 1 is 0.864 bits per heavy atom. The van der Waals surface area contributed by atoms with Crippen molar-refractivity contribution in [3.05, 3.63) is 96.9 Å². The second kappa shape index (κ2) is 16.9. The standard InChI is InChI=1S/C33H36Cl4N4O3/c1-2-3-4-5-6-7-8-9-10-14-19-44-33(43)23-15-16-25(35)28(20-23)38-31-30(40-17-12-11-13-18-40)32(42)41(39-31)29-26(36)21-24(34)22-27(29)37/h11-13,15-18,20-22H,2-10,14,19H2,1H3,(H,38,39). The first-order valence-corrected chi connectivity index (χ1v) is 16.5. The molecule has 0 radical (unpaired) electrons. The van der Waals surface area contributed by atoms with Crippen LogP contribution in [0, 0.1) is 0 Å². The number of benzene rings is 2. The molecule has 0 fully saturated rings. The van der Waals surface area contributed by atoms with Crippen molar-refractivity contribution >= 4 is 63.9 Å². The third-order valence-electron chi connectivity index (χ3n) is 7.17. The van der Waals surface area contributed by atoms with Crippen LogP contribution >= 0.6 is 46.4 Å². The van der Waals surface area contributed by atoms with Crippen LogP contribution in [0.3, 0.4) is 0 Å². The van der Waals surface area contributed by atoms with Gasteiger partial charge in [-0.05, 0) is 36.8 Å². The molecule has 0 spiro atoms. The molecule has 0 unspecified atom stereocenters. The van der Waals surface area contributed by atoms with Crippen LogP contribution in [-0.2, 0) is 4.74 Å².